The van der Waals surface area contributed by atoms with E-state index < -0.39 is 0 Å². The molecule has 4 N–H and O–H groups in total. The second-order valence-electron chi connectivity index (χ2n) is 5.13. The summed E-state index contributed by atoms with van der Waals surface area (Å²) in [4.78, 5) is 8.85. The maximum absolute atomic E-state index is 5.47. The van der Waals surface area contributed by atoms with Crippen LogP contribution >= 0.6 is 11.8 Å². The van der Waals surface area contributed by atoms with E-state index in [-0.39, 0.29) is 0 Å². The van der Waals surface area contributed by atoms with Crippen LogP contribution in [0, 0.1) is 0 Å². The molecule has 1 aliphatic rings. The zero-order valence-electron chi connectivity index (χ0n) is 11.5. The zero-order valence-corrected chi connectivity index (χ0v) is 12.4. The molecule has 0 atom stereocenters. The lowest BCUT2D eigenvalue weighted by Gasteiger charge is -2.28. The molecule has 0 aliphatic heterocycles. The van der Waals surface area contributed by atoms with Gasteiger partial charge in [0.15, 0.2) is 17.3 Å². The van der Waals surface area contributed by atoms with Crippen molar-refractivity contribution >= 4 is 29.0 Å². The molecule has 108 valence electrons. The monoisotopic (exact) mass is 292 g/mol. The molecule has 3 rings (SSSR count). The molecule has 0 spiro atoms. The van der Waals surface area contributed by atoms with E-state index >= 15 is 0 Å². The molecule has 20 heavy (non-hydrogen) atoms. The molecule has 0 amide bonds. The highest BCUT2D eigenvalue weighted by atomic mass is 32.2. The minimum atomic E-state index is 0.472. The summed E-state index contributed by atoms with van der Waals surface area (Å²) >= 11 is 1.98. The Kier molecular flexibility index (Phi) is 3.98. The van der Waals surface area contributed by atoms with E-state index in [0.29, 0.717) is 11.9 Å². The third-order valence-electron chi connectivity index (χ3n) is 3.87. The predicted octanol–water partition coefficient (Wildman–Crippen LogP) is 2.10. The Morgan fingerprint density at radius 3 is 2.85 bits per heavy atom. The van der Waals surface area contributed by atoms with E-state index in [2.05, 4.69) is 27.0 Å². The minimum Gasteiger partial charge on any atom is -0.364 e. The lowest BCUT2D eigenvalue weighted by molar-refractivity contribution is 0.472. The second-order valence-corrected chi connectivity index (χ2v) is 6.27. The van der Waals surface area contributed by atoms with Gasteiger partial charge in [-0.1, -0.05) is 0 Å². The average Bonchev–Trinajstić information content (AvgIpc) is 2.96. The fraction of sp³-hybridized carbons (Fsp3) is 0.538. The van der Waals surface area contributed by atoms with Crippen molar-refractivity contribution in [2.75, 3.05) is 17.0 Å². The molecular weight excluding hydrogens is 272 g/mol. The average molecular weight is 292 g/mol. The molecule has 2 heterocycles. The first-order valence-electron chi connectivity index (χ1n) is 6.90. The minimum absolute atomic E-state index is 0.472. The fourth-order valence-corrected chi connectivity index (χ4v) is 3.48. The second kappa shape index (κ2) is 5.88. The third-order valence-corrected chi connectivity index (χ3v) is 5.01. The topological polar surface area (TPSA) is 80.3 Å². The number of nitrogen functional groups attached to an aromatic ring is 1. The number of hydrazine groups is 1. The van der Waals surface area contributed by atoms with Crippen molar-refractivity contribution < 1.29 is 0 Å². The molecule has 7 heteroatoms. The van der Waals surface area contributed by atoms with E-state index in [4.69, 9.17) is 5.84 Å². The molecule has 1 fully saturated rings. The Bertz CT molecular complexity index is 575. The van der Waals surface area contributed by atoms with Gasteiger partial charge in [0.05, 0.1) is 6.20 Å². The van der Waals surface area contributed by atoms with Gasteiger partial charge in [0, 0.05) is 23.7 Å². The molecule has 0 bridgehead atoms. The largest absolute Gasteiger partial charge is 0.364 e. The van der Waals surface area contributed by atoms with Gasteiger partial charge in [0.1, 0.15) is 0 Å². The van der Waals surface area contributed by atoms with Crippen LogP contribution in [-0.2, 0) is 0 Å². The number of rotatable bonds is 4. The summed E-state index contributed by atoms with van der Waals surface area (Å²) in [6.45, 7) is 0. The lowest BCUT2D eigenvalue weighted by Crippen LogP contribution is -2.28. The van der Waals surface area contributed by atoms with Gasteiger partial charge in [-0.05, 0) is 31.9 Å². The highest BCUT2D eigenvalue weighted by Gasteiger charge is 2.21. The number of hydrogen-bond acceptors (Lipinski definition) is 6. The van der Waals surface area contributed by atoms with Crippen LogP contribution in [0.25, 0.3) is 5.65 Å². The van der Waals surface area contributed by atoms with Crippen molar-refractivity contribution in [2.24, 2.45) is 5.84 Å². The Balaban J connectivity index is 1.78. The number of anilines is 2. The summed E-state index contributed by atoms with van der Waals surface area (Å²) in [5, 5.41) is 4.34. The Morgan fingerprint density at radius 2 is 2.15 bits per heavy atom. The Hall–Kier alpha value is -1.47. The normalized spacial score (nSPS) is 22.9. The van der Waals surface area contributed by atoms with Gasteiger partial charge in [0.25, 0.3) is 0 Å². The summed E-state index contributed by atoms with van der Waals surface area (Å²) in [5.74, 6) is 6.91. The SMILES string of the molecule is CSC1CCC(Nc2nc(NN)cn3ccnc23)CC1. The summed E-state index contributed by atoms with van der Waals surface area (Å²) < 4.78 is 1.93. The molecular formula is C13H20N6S. The van der Waals surface area contributed by atoms with Crippen molar-refractivity contribution in [1.82, 2.24) is 14.4 Å². The number of hydrogen-bond donors (Lipinski definition) is 3. The fourth-order valence-electron chi connectivity index (χ4n) is 2.73. The zero-order chi connectivity index (χ0) is 13.9. The number of nitrogens with zero attached hydrogens (tertiary/aromatic N) is 3. The number of nitrogens with one attached hydrogen (secondary N) is 2. The Morgan fingerprint density at radius 1 is 1.35 bits per heavy atom. The van der Waals surface area contributed by atoms with Gasteiger partial charge in [-0.15, -0.1) is 0 Å². The number of thioether (sulfide) groups is 1. The van der Waals surface area contributed by atoms with Crippen molar-refractivity contribution in [2.45, 2.75) is 37.0 Å². The van der Waals surface area contributed by atoms with E-state index in [1.54, 1.807) is 6.20 Å². The van der Waals surface area contributed by atoms with Crippen LogP contribution in [0.3, 0.4) is 0 Å². The standard InChI is InChI=1S/C13H20N6S/c1-20-10-4-2-9(3-5-10)16-12-13-15-6-7-19(13)8-11(17-12)18-14/h6-10,18H,2-5,14H2,1H3,(H,16,17). The van der Waals surface area contributed by atoms with Crippen LogP contribution in [-0.4, -0.2) is 31.9 Å². The maximum atomic E-state index is 5.47. The van der Waals surface area contributed by atoms with Gasteiger partial charge in [-0.3, -0.25) is 0 Å². The van der Waals surface area contributed by atoms with Crippen LogP contribution in [0.15, 0.2) is 18.6 Å². The molecule has 0 radical (unpaired) electrons. The lowest BCUT2D eigenvalue weighted by atomic mass is 9.95. The van der Waals surface area contributed by atoms with Gasteiger partial charge >= 0.3 is 0 Å². The van der Waals surface area contributed by atoms with E-state index in [1.807, 2.05) is 28.6 Å². The first-order valence-corrected chi connectivity index (χ1v) is 8.18. The van der Waals surface area contributed by atoms with Crippen LogP contribution in [0.2, 0.25) is 0 Å². The molecule has 2 aromatic heterocycles. The predicted molar refractivity (Wildman–Crippen MR) is 84.0 cm³/mol. The van der Waals surface area contributed by atoms with Gasteiger partial charge in [-0.2, -0.15) is 11.8 Å². The van der Waals surface area contributed by atoms with Crippen LogP contribution in [0.4, 0.5) is 11.6 Å². The molecule has 0 aromatic carbocycles. The van der Waals surface area contributed by atoms with Crippen molar-refractivity contribution in [3.63, 3.8) is 0 Å². The van der Waals surface area contributed by atoms with Crippen LogP contribution in [0.5, 0.6) is 0 Å². The molecule has 0 saturated heterocycles. The van der Waals surface area contributed by atoms with Crippen LogP contribution < -0.4 is 16.6 Å². The highest BCUT2D eigenvalue weighted by Crippen LogP contribution is 2.29. The number of nitrogens with two attached hydrogens (primary N) is 1. The number of imidazole rings is 1. The first kappa shape index (κ1) is 13.5. The summed E-state index contributed by atoms with van der Waals surface area (Å²) in [6.07, 6.45) is 12.6. The summed E-state index contributed by atoms with van der Waals surface area (Å²) in [5.41, 5.74) is 3.44. The molecule has 1 saturated carbocycles. The van der Waals surface area contributed by atoms with Crippen molar-refractivity contribution in [1.29, 1.82) is 0 Å². The van der Waals surface area contributed by atoms with E-state index in [0.717, 1.165) is 16.7 Å². The van der Waals surface area contributed by atoms with Crippen molar-refractivity contribution in [3.05, 3.63) is 18.6 Å². The number of aromatic nitrogens is 3. The molecule has 0 unspecified atom stereocenters. The van der Waals surface area contributed by atoms with Gasteiger partial charge < -0.3 is 15.1 Å². The Labute approximate surface area is 122 Å². The highest BCUT2D eigenvalue weighted by molar-refractivity contribution is 7.99. The van der Waals surface area contributed by atoms with Crippen molar-refractivity contribution in [3.8, 4) is 0 Å². The van der Waals surface area contributed by atoms with Crippen LogP contribution in [0.1, 0.15) is 25.7 Å². The summed E-state index contributed by atoms with van der Waals surface area (Å²) in [7, 11) is 0. The van der Waals surface area contributed by atoms with E-state index in [9.17, 15) is 0 Å². The quantitative estimate of drug-likeness (QED) is 0.591. The van der Waals surface area contributed by atoms with E-state index in [1.165, 1.54) is 25.7 Å². The summed E-state index contributed by atoms with van der Waals surface area (Å²) in [6, 6.07) is 0.472. The molecule has 6 nitrogen and oxygen atoms in total. The molecule has 1 aliphatic carbocycles. The number of fused-ring (bicyclic) bond motifs is 1. The third kappa shape index (κ3) is 2.69. The van der Waals surface area contributed by atoms with Gasteiger partial charge in [0.2, 0.25) is 0 Å². The molecule has 2 aromatic rings. The smallest absolute Gasteiger partial charge is 0.180 e. The first-order chi connectivity index (χ1) is 9.80. The van der Waals surface area contributed by atoms with Gasteiger partial charge in [-0.25, -0.2) is 15.8 Å². The maximum Gasteiger partial charge on any atom is 0.180 e.